The Balaban J connectivity index is 2.40. The summed E-state index contributed by atoms with van der Waals surface area (Å²) in [5, 5.41) is 1.45. The van der Waals surface area contributed by atoms with Crippen LogP contribution in [0.1, 0.15) is 17.5 Å². The molecule has 0 spiro atoms. The molecule has 0 saturated carbocycles. The van der Waals surface area contributed by atoms with Crippen molar-refractivity contribution in [1.29, 1.82) is 0 Å². The average molecular weight is 263 g/mol. The molecule has 4 heteroatoms. The Bertz CT molecular complexity index is 731. The highest BCUT2D eigenvalue weighted by molar-refractivity contribution is 6.33. The second-order valence-electron chi connectivity index (χ2n) is 4.40. The molecule has 1 aromatic heterocycles. The summed E-state index contributed by atoms with van der Waals surface area (Å²) in [7, 11) is 0. The number of benzene rings is 1. The van der Waals surface area contributed by atoms with E-state index in [0.717, 1.165) is 21.8 Å². The minimum absolute atomic E-state index is 0.269. The summed E-state index contributed by atoms with van der Waals surface area (Å²) >= 11 is 6.26. The van der Waals surface area contributed by atoms with Gasteiger partial charge in [0.2, 0.25) is 0 Å². The van der Waals surface area contributed by atoms with E-state index < -0.39 is 0 Å². The van der Waals surface area contributed by atoms with Crippen LogP contribution in [0.3, 0.4) is 0 Å². The van der Waals surface area contributed by atoms with Crippen LogP contribution >= 0.6 is 11.6 Å². The fourth-order valence-corrected chi connectivity index (χ4v) is 2.61. The van der Waals surface area contributed by atoms with Gasteiger partial charge < -0.3 is 4.98 Å². The van der Waals surface area contributed by atoms with E-state index in [-0.39, 0.29) is 5.82 Å². The Morgan fingerprint density at radius 3 is 3.00 bits per heavy atom. The van der Waals surface area contributed by atoms with E-state index in [0.29, 0.717) is 23.6 Å². The first-order chi connectivity index (χ1) is 8.68. The van der Waals surface area contributed by atoms with Crippen LogP contribution in [-0.2, 0) is 0 Å². The molecule has 0 amide bonds. The highest BCUT2D eigenvalue weighted by Gasteiger charge is 2.17. The fourth-order valence-electron chi connectivity index (χ4n) is 2.34. The molecule has 1 aliphatic rings. The van der Waals surface area contributed by atoms with Crippen LogP contribution in [-0.4, -0.2) is 11.5 Å². The molecule has 0 bridgehead atoms. The quantitative estimate of drug-likeness (QED) is 0.817. The lowest BCUT2D eigenvalue weighted by Crippen LogP contribution is -2.30. The zero-order valence-electron chi connectivity index (χ0n) is 9.93. The zero-order valence-corrected chi connectivity index (χ0v) is 10.7. The van der Waals surface area contributed by atoms with Crippen LogP contribution in [0.5, 0.6) is 0 Å². The van der Waals surface area contributed by atoms with Gasteiger partial charge in [-0.05, 0) is 36.6 Å². The molecular weight excluding hydrogens is 251 g/mol. The summed E-state index contributed by atoms with van der Waals surface area (Å²) in [6.45, 7) is 2.55. The highest BCUT2D eigenvalue weighted by Crippen LogP contribution is 2.30. The normalized spacial score (nSPS) is 14.3. The number of H-pyrrole nitrogens is 1. The number of aromatic nitrogens is 1. The lowest BCUT2D eigenvalue weighted by Gasteiger charge is -2.13. The Morgan fingerprint density at radius 1 is 1.33 bits per heavy atom. The van der Waals surface area contributed by atoms with Crippen LogP contribution in [0, 0.1) is 12.7 Å². The van der Waals surface area contributed by atoms with Gasteiger partial charge in [0.05, 0.1) is 5.02 Å². The fraction of sp³-hybridized carbons (Fsp3) is 0.214. The van der Waals surface area contributed by atoms with Gasteiger partial charge in [-0.25, -0.2) is 4.39 Å². The average Bonchev–Trinajstić information content (AvgIpc) is 2.83. The molecule has 2 heterocycles. The summed E-state index contributed by atoms with van der Waals surface area (Å²) in [5.74, 6) is -0.269. The second-order valence-corrected chi connectivity index (χ2v) is 4.78. The largest absolute Gasteiger partial charge is 0.346 e. The summed E-state index contributed by atoms with van der Waals surface area (Å²) in [5.41, 5.74) is 3.16. The van der Waals surface area contributed by atoms with E-state index in [2.05, 4.69) is 9.98 Å². The molecule has 0 unspecified atom stereocenters. The topological polar surface area (TPSA) is 28.1 Å². The van der Waals surface area contributed by atoms with Crippen molar-refractivity contribution in [1.82, 2.24) is 4.98 Å². The van der Waals surface area contributed by atoms with Crippen molar-refractivity contribution >= 4 is 17.2 Å². The SMILES string of the molecule is Cc1ccc(F)c(C2=c3cc[nH]c3=NCC2)c1Cl. The molecule has 2 nitrogen and oxygen atoms in total. The maximum atomic E-state index is 14.1. The van der Waals surface area contributed by atoms with E-state index in [4.69, 9.17) is 11.6 Å². The van der Waals surface area contributed by atoms with Gasteiger partial charge in [-0.3, -0.25) is 4.99 Å². The number of hydrogen-bond acceptors (Lipinski definition) is 1. The van der Waals surface area contributed by atoms with Crippen molar-refractivity contribution in [2.24, 2.45) is 4.99 Å². The van der Waals surface area contributed by atoms with Gasteiger partial charge in [-0.2, -0.15) is 0 Å². The second kappa shape index (κ2) is 4.25. The van der Waals surface area contributed by atoms with Crippen molar-refractivity contribution in [2.75, 3.05) is 6.54 Å². The molecule has 0 fully saturated rings. The molecule has 0 saturated heterocycles. The van der Waals surface area contributed by atoms with Gasteiger partial charge in [0.15, 0.2) is 0 Å². The number of nitrogens with one attached hydrogen (secondary N) is 1. The monoisotopic (exact) mass is 262 g/mol. The maximum Gasteiger partial charge on any atom is 0.132 e. The van der Waals surface area contributed by atoms with E-state index in [1.165, 1.54) is 6.07 Å². The Morgan fingerprint density at radius 2 is 2.17 bits per heavy atom. The molecular formula is C14H12ClFN2. The molecule has 0 atom stereocenters. The number of aromatic amines is 1. The van der Waals surface area contributed by atoms with Crippen molar-refractivity contribution < 1.29 is 4.39 Å². The first kappa shape index (κ1) is 11.5. The van der Waals surface area contributed by atoms with Crippen molar-refractivity contribution in [3.8, 4) is 0 Å². The number of aryl methyl sites for hydroxylation is 1. The lowest BCUT2D eigenvalue weighted by molar-refractivity contribution is 0.622. The first-order valence-corrected chi connectivity index (χ1v) is 6.22. The molecule has 18 heavy (non-hydrogen) atoms. The maximum absolute atomic E-state index is 14.1. The van der Waals surface area contributed by atoms with E-state index in [9.17, 15) is 4.39 Å². The van der Waals surface area contributed by atoms with Crippen LogP contribution in [0.4, 0.5) is 4.39 Å². The molecule has 1 N–H and O–H groups in total. The number of nitrogens with zero attached hydrogens (tertiary/aromatic N) is 1. The zero-order chi connectivity index (χ0) is 12.7. The summed E-state index contributed by atoms with van der Waals surface area (Å²) in [6.07, 6.45) is 2.53. The van der Waals surface area contributed by atoms with Crippen LogP contribution in [0.2, 0.25) is 5.02 Å². The minimum atomic E-state index is -0.269. The molecule has 1 aromatic carbocycles. The summed E-state index contributed by atoms with van der Waals surface area (Å²) in [4.78, 5) is 7.43. The van der Waals surface area contributed by atoms with Gasteiger partial charge in [0.1, 0.15) is 11.3 Å². The van der Waals surface area contributed by atoms with Gasteiger partial charge >= 0.3 is 0 Å². The third-order valence-electron chi connectivity index (χ3n) is 3.27. The molecule has 1 aliphatic heterocycles. The molecule has 0 radical (unpaired) electrons. The van der Waals surface area contributed by atoms with Gasteiger partial charge in [-0.15, -0.1) is 0 Å². The van der Waals surface area contributed by atoms with Crippen molar-refractivity contribution in [2.45, 2.75) is 13.3 Å². The number of fused-ring (bicyclic) bond motifs is 1. The third kappa shape index (κ3) is 1.66. The predicted molar refractivity (Wildman–Crippen MR) is 69.7 cm³/mol. The number of hydrogen-bond donors (Lipinski definition) is 1. The van der Waals surface area contributed by atoms with Gasteiger partial charge in [0.25, 0.3) is 0 Å². The van der Waals surface area contributed by atoms with Crippen LogP contribution < -0.4 is 10.7 Å². The van der Waals surface area contributed by atoms with Gasteiger partial charge in [0, 0.05) is 23.5 Å². The summed E-state index contributed by atoms with van der Waals surface area (Å²) < 4.78 is 14.1. The first-order valence-electron chi connectivity index (χ1n) is 5.84. The summed E-state index contributed by atoms with van der Waals surface area (Å²) in [6, 6.07) is 5.10. The molecule has 2 aromatic rings. The number of halogens is 2. The van der Waals surface area contributed by atoms with Crippen molar-refractivity contribution in [3.63, 3.8) is 0 Å². The van der Waals surface area contributed by atoms with Crippen LogP contribution in [0.25, 0.3) is 5.57 Å². The molecule has 92 valence electrons. The molecule has 0 aliphatic carbocycles. The van der Waals surface area contributed by atoms with E-state index in [1.807, 2.05) is 19.2 Å². The van der Waals surface area contributed by atoms with E-state index >= 15 is 0 Å². The Kier molecular flexibility index (Phi) is 2.71. The van der Waals surface area contributed by atoms with Crippen LogP contribution in [0.15, 0.2) is 29.4 Å². The smallest absolute Gasteiger partial charge is 0.132 e. The number of rotatable bonds is 1. The minimum Gasteiger partial charge on any atom is -0.346 e. The Hall–Kier alpha value is -1.61. The van der Waals surface area contributed by atoms with Crippen molar-refractivity contribution in [3.05, 3.63) is 57.1 Å². The predicted octanol–water partition coefficient (Wildman–Crippen LogP) is 2.34. The highest BCUT2D eigenvalue weighted by atomic mass is 35.5. The van der Waals surface area contributed by atoms with E-state index in [1.54, 1.807) is 6.07 Å². The van der Waals surface area contributed by atoms with Gasteiger partial charge in [-0.1, -0.05) is 17.7 Å². The Labute approximate surface area is 109 Å². The third-order valence-corrected chi connectivity index (χ3v) is 3.76. The standard InChI is InChI=1S/C14H12ClFN2/c1-8-2-3-11(16)12(13(8)15)9-4-6-17-14-10(9)5-7-18-14/h2-3,5,7H,4,6H2,1H3,(H,17,18). The molecule has 3 rings (SSSR count). The lowest BCUT2D eigenvalue weighted by atomic mass is 9.97.